The third-order valence-electron chi connectivity index (χ3n) is 8.31. The highest BCUT2D eigenvalue weighted by Gasteiger charge is 2.28. The van der Waals surface area contributed by atoms with Crippen LogP contribution in [0.15, 0.2) is 61.1 Å². The number of hydrogen-bond donors (Lipinski definition) is 1. The van der Waals surface area contributed by atoms with Crippen LogP contribution < -0.4 is 4.90 Å². The Kier molecular flexibility index (Phi) is 5.76. The summed E-state index contributed by atoms with van der Waals surface area (Å²) in [5.41, 5.74) is 6.02. The number of nitrogens with zero attached hydrogens (tertiary/aromatic N) is 7. The van der Waals surface area contributed by atoms with E-state index < -0.39 is 0 Å². The Morgan fingerprint density at radius 2 is 1.84 bits per heavy atom. The SMILES string of the molecule is N#Cc1ccc(-c2cc3n(c2)Cc2nc(N4CC[C@@H](CN5CCC(O)CC5)C4)ccc2-n2ccnc2-3)cc1. The second-order valence-electron chi connectivity index (χ2n) is 10.8. The number of nitriles is 1. The molecule has 0 unspecified atom stereocenters. The fourth-order valence-corrected chi connectivity index (χ4v) is 6.22. The van der Waals surface area contributed by atoms with Gasteiger partial charge in [-0.15, -0.1) is 0 Å². The van der Waals surface area contributed by atoms with Crippen molar-refractivity contribution in [2.75, 3.05) is 37.6 Å². The smallest absolute Gasteiger partial charge is 0.161 e. The van der Waals surface area contributed by atoms with Crippen molar-refractivity contribution in [3.8, 4) is 34.4 Å². The van der Waals surface area contributed by atoms with E-state index in [0.29, 0.717) is 18.0 Å². The number of benzene rings is 1. The third-order valence-corrected chi connectivity index (χ3v) is 8.31. The van der Waals surface area contributed by atoms with E-state index in [2.05, 4.69) is 49.4 Å². The summed E-state index contributed by atoms with van der Waals surface area (Å²) < 4.78 is 4.39. The fraction of sp³-hybridized carbons (Fsp3) is 0.367. The molecule has 2 fully saturated rings. The number of imidazole rings is 1. The maximum Gasteiger partial charge on any atom is 0.161 e. The predicted molar refractivity (Wildman–Crippen MR) is 146 cm³/mol. The molecule has 0 radical (unpaired) electrons. The molecule has 4 aromatic rings. The van der Waals surface area contributed by atoms with Crippen LogP contribution in [0.2, 0.25) is 0 Å². The number of likely N-dealkylation sites (tertiary alicyclic amines) is 1. The van der Waals surface area contributed by atoms with E-state index in [1.807, 2.05) is 36.7 Å². The zero-order valence-electron chi connectivity index (χ0n) is 21.4. The number of rotatable bonds is 4. The van der Waals surface area contributed by atoms with Crippen molar-refractivity contribution >= 4 is 5.82 Å². The predicted octanol–water partition coefficient (Wildman–Crippen LogP) is 3.92. The first-order valence-electron chi connectivity index (χ1n) is 13.5. The van der Waals surface area contributed by atoms with Crippen molar-refractivity contribution in [1.82, 2.24) is 24.0 Å². The third kappa shape index (κ3) is 4.18. The highest BCUT2D eigenvalue weighted by molar-refractivity contribution is 5.72. The molecular weight excluding hydrogens is 474 g/mol. The van der Waals surface area contributed by atoms with Gasteiger partial charge in [0.25, 0.3) is 0 Å². The minimum Gasteiger partial charge on any atom is -0.393 e. The Labute approximate surface area is 222 Å². The zero-order valence-corrected chi connectivity index (χ0v) is 21.4. The molecule has 3 aliphatic heterocycles. The molecule has 1 atom stereocenters. The zero-order chi connectivity index (χ0) is 25.6. The van der Waals surface area contributed by atoms with Gasteiger partial charge < -0.3 is 19.5 Å². The molecule has 6 heterocycles. The van der Waals surface area contributed by atoms with Crippen LogP contribution in [0, 0.1) is 17.2 Å². The lowest BCUT2D eigenvalue weighted by Crippen LogP contribution is -2.39. The van der Waals surface area contributed by atoms with Crippen LogP contribution in [-0.4, -0.2) is 67.9 Å². The van der Waals surface area contributed by atoms with Crippen molar-refractivity contribution in [3.05, 3.63) is 72.3 Å². The van der Waals surface area contributed by atoms with Crippen LogP contribution in [0.3, 0.4) is 0 Å². The summed E-state index contributed by atoms with van der Waals surface area (Å²) in [7, 11) is 0. The summed E-state index contributed by atoms with van der Waals surface area (Å²) in [6.45, 7) is 5.85. The molecule has 2 saturated heterocycles. The van der Waals surface area contributed by atoms with Gasteiger partial charge in [0.2, 0.25) is 0 Å². The molecule has 1 aromatic carbocycles. The first-order chi connectivity index (χ1) is 18.6. The van der Waals surface area contributed by atoms with E-state index in [-0.39, 0.29) is 6.10 Å². The summed E-state index contributed by atoms with van der Waals surface area (Å²) in [6.07, 6.45) is 8.88. The minimum absolute atomic E-state index is 0.118. The molecule has 8 nitrogen and oxygen atoms in total. The van der Waals surface area contributed by atoms with Gasteiger partial charge in [0.15, 0.2) is 5.82 Å². The highest BCUT2D eigenvalue weighted by Crippen LogP contribution is 2.35. The molecule has 192 valence electrons. The molecule has 0 bridgehead atoms. The van der Waals surface area contributed by atoms with Crippen LogP contribution in [0.4, 0.5) is 5.82 Å². The van der Waals surface area contributed by atoms with Crippen LogP contribution in [0.1, 0.15) is 30.5 Å². The average Bonchev–Trinajstić information content (AvgIpc) is 3.69. The van der Waals surface area contributed by atoms with E-state index in [1.165, 1.54) is 6.42 Å². The minimum atomic E-state index is -0.118. The van der Waals surface area contributed by atoms with Crippen molar-refractivity contribution < 1.29 is 5.11 Å². The maximum absolute atomic E-state index is 9.82. The van der Waals surface area contributed by atoms with Crippen molar-refractivity contribution in [1.29, 1.82) is 5.26 Å². The molecule has 38 heavy (non-hydrogen) atoms. The van der Waals surface area contributed by atoms with E-state index in [1.54, 1.807) is 0 Å². The number of aromatic nitrogens is 4. The second kappa shape index (κ2) is 9.43. The molecule has 7 rings (SSSR count). The van der Waals surface area contributed by atoms with Crippen LogP contribution in [0.25, 0.3) is 28.3 Å². The highest BCUT2D eigenvalue weighted by atomic mass is 16.3. The van der Waals surface area contributed by atoms with Gasteiger partial charge in [-0.2, -0.15) is 5.26 Å². The van der Waals surface area contributed by atoms with Crippen molar-refractivity contribution in [2.24, 2.45) is 5.92 Å². The number of anilines is 1. The van der Waals surface area contributed by atoms with Gasteiger partial charge in [0.05, 0.1) is 41.4 Å². The Morgan fingerprint density at radius 1 is 1.00 bits per heavy atom. The summed E-state index contributed by atoms with van der Waals surface area (Å²) in [6, 6.07) is 16.4. The van der Waals surface area contributed by atoms with E-state index in [0.717, 1.165) is 85.4 Å². The second-order valence-corrected chi connectivity index (χ2v) is 10.8. The number of piperidine rings is 1. The monoisotopic (exact) mass is 505 g/mol. The first kappa shape index (κ1) is 23.2. The molecule has 3 aromatic heterocycles. The summed E-state index contributed by atoms with van der Waals surface area (Å²) in [5.74, 6) is 2.59. The quantitative estimate of drug-likeness (QED) is 0.399. The largest absolute Gasteiger partial charge is 0.393 e. The van der Waals surface area contributed by atoms with Gasteiger partial charge in [-0.05, 0) is 61.1 Å². The van der Waals surface area contributed by atoms with Crippen LogP contribution >= 0.6 is 0 Å². The molecular formula is C30H31N7O. The molecule has 0 spiro atoms. The standard InChI is InChI=1S/C30H31N7O/c31-16-21-1-3-23(4-2-21)24-15-28-30-32-10-14-37(30)27-5-6-29(33-26(27)20-36(28)19-24)35-13-7-22(18-35)17-34-11-8-25(38)9-12-34/h1-6,10,14-15,19,22,25,38H,7-9,11-13,17-18,20H2/t22-/m0/s1. The maximum atomic E-state index is 9.82. The summed E-state index contributed by atoms with van der Waals surface area (Å²) in [4.78, 5) is 14.9. The van der Waals surface area contributed by atoms with Gasteiger partial charge in [0.1, 0.15) is 5.82 Å². The van der Waals surface area contributed by atoms with Gasteiger partial charge in [0, 0.05) is 56.9 Å². The lowest BCUT2D eigenvalue weighted by molar-refractivity contribution is 0.0762. The van der Waals surface area contributed by atoms with Crippen LogP contribution in [0.5, 0.6) is 0 Å². The summed E-state index contributed by atoms with van der Waals surface area (Å²) in [5, 5.41) is 19.0. The van der Waals surface area contributed by atoms with Crippen molar-refractivity contribution in [3.63, 3.8) is 0 Å². The Morgan fingerprint density at radius 3 is 2.66 bits per heavy atom. The molecule has 8 heteroatoms. The Hall–Kier alpha value is -3.93. The number of pyridine rings is 1. The van der Waals surface area contributed by atoms with E-state index in [9.17, 15) is 5.11 Å². The van der Waals surface area contributed by atoms with E-state index >= 15 is 0 Å². The Balaban J connectivity index is 1.15. The van der Waals surface area contributed by atoms with Gasteiger partial charge in [-0.25, -0.2) is 9.97 Å². The lowest BCUT2D eigenvalue weighted by atomic mass is 10.0. The number of aliphatic hydroxyl groups is 1. The first-order valence-corrected chi connectivity index (χ1v) is 13.5. The van der Waals surface area contributed by atoms with Crippen LogP contribution in [-0.2, 0) is 6.54 Å². The molecule has 0 aliphatic carbocycles. The molecule has 1 N–H and O–H groups in total. The molecule has 0 amide bonds. The fourth-order valence-electron chi connectivity index (χ4n) is 6.22. The van der Waals surface area contributed by atoms with E-state index in [4.69, 9.17) is 15.2 Å². The van der Waals surface area contributed by atoms with Gasteiger partial charge in [-0.3, -0.25) is 4.57 Å². The molecule has 0 saturated carbocycles. The lowest BCUT2D eigenvalue weighted by Gasteiger charge is -2.31. The van der Waals surface area contributed by atoms with Gasteiger partial charge in [-0.1, -0.05) is 12.1 Å². The number of fused-ring (bicyclic) bond motifs is 5. The number of hydrogen-bond acceptors (Lipinski definition) is 6. The Bertz CT molecular complexity index is 1500. The van der Waals surface area contributed by atoms with Crippen molar-refractivity contribution in [2.45, 2.75) is 31.9 Å². The normalized spacial score (nSPS) is 19.5. The van der Waals surface area contributed by atoms with Gasteiger partial charge >= 0.3 is 0 Å². The molecule has 3 aliphatic rings. The summed E-state index contributed by atoms with van der Waals surface area (Å²) >= 11 is 0. The number of aliphatic hydroxyl groups excluding tert-OH is 1. The topological polar surface area (TPSA) is 86.1 Å². The average molecular weight is 506 g/mol.